The third kappa shape index (κ3) is 3.49. The summed E-state index contributed by atoms with van der Waals surface area (Å²) in [5.74, 6) is -1.70. The number of halogens is 3. The normalized spacial score (nSPS) is 10.3. The number of rotatable bonds is 2. The number of amides is 2. The van der Waals surface area contributed by atoms with Crippen molar-refractivity contribution in [3.63, 3.8) is 0 Å². The van der Waals surface area contributed by atoms with Crippen LogP contribution in [0, 0.1) is 25.5 Å². The van der Waals surface area contributed by atoms with E-state index >= 15 is 0 Å². The van der Waals surface area contributed by atoms with E-state index in [0.717, 1.165) is 23.3 Å². The molecule has 0 bridgehead atoms. The molecule has 0 saturated heterocycles. The number of aryl methyl sites for hydroxylation is 2. The molecular formula is C15H13ClF2N2O. The minimum absolute atomic E-state index is 0.358. The third-order valence-corrected chi connectivity index (χ3v) is 3.17. The minimum Gasteiger partial charge on any atom is -0.306 e. The second kappa shape index (κ2) is 6.10. The van der Waals surface area contributed by atoms with Crippen molar-refractivity contribution in [1.29, 1.82) is 0 Å². The highest BCUT2D eigenvalue weighted by Crippen LogP contribution is 2.27. The number of carbonyl (C=O) groups excluding carboxylic acids is 1. The van der Waals surface area contributed by atoms with Gasteiger partial charge in [0.05, 0.1) is 10.7 Å². The molecule has 3 nitrogen and oxygen atoms in total. The van der Waals surface area contributed by atoms with Gasteiger partial charge >= 0.3 is 6.03 Å². The highest BCUT2D eigenvalue weighted by molar-refractivity contribution is 6.34. The van der Waals surface area contributed by atoms with E-state index in [0.29, 0.717) is 10.7 Å². The molecule has 0 saturated carbocycles. The summed E-state index contributed by atoms with van der Waals surface area (Å²) in [6, 6.07) is 6.09. The van der Waals surface area contributed by atoms with E-state index in [4.69, 9.17) is 11.6 Å². The highest BCUT2D eigenvalue weighted by Gasteiger charge is 2.14. The number of nitrogens with one attached hydrogen (secondary N) is 2. The average Bonchev–Trinajstić information content (AvgIpc) is 2.38. The number of hydrogen-bond donors (Lipinski definition) is 2. The lowest BCUT2D eigenvalue weighted by Gasteiger charge is -2.13. The van der Waals surface area contributed by atoms with Crippen LogP contribution in [0.4, 0.5) is 25.0 Å². The molecule has 0 aromatic heterocycles. The van der Waals surface area contributed by atoms with Crippen molar-refractivity contribution in [2.45, 2.75) is 13.8 Å². The topological polar surface area (TPSA) is 41.1 Å². The Morgan fingerprint density at radius 2 is 1.62 bits per heavy atom. The van der Waals surface area contributed by atoms with Gasteiger partial charge in [0.25, 0.3) is 0 Å². The van der Waals surface area contributed by atoms with E-state index in [1.807, 2.05) is 13.0 Å². The summed E-state index contributed by atoms with van der Waals surface area (Å²) in [4.78, 5) is 11.9. The van der Waals surface area contributed by atoms with Crippen LogP contribution in [0.15, 0.2) is 30.3 Å². The van der Waals surface area contributed by atoms with Gasteiger partial charge in [0.2, 0.25) is 0 Å². The fourth-order valence-electron chi connectivity index (χ4n) is 1.95. The summed E-state index contributed by atoms with van der Waals surface area (Å²) < 4.78 is 26.9. The number of para-hydroxylation sites is 1. The van der Waals surface area contributed by atoms with Crippen molar-refractivity contribution in [1.82, 2.24) is 0 Å². The van der Waals surface area contributed by atoms with Gasteiger partial charge in [-0.15, -0.1) is 0 Å². The van der Waals surface area contributed by atoms with Crippen molar-refractivity contribution >= 4 is 29.0 Å². The Hall–Kier alpha value is -2.14. The van der Waals surface area contributed by atoms with Crippen molar-refractivity contribution < 1.29 is 13.6 Å². The first-order valence-corrected chi connectivity index (χ1v) is 6.55. The number of anilines is 2. The zero-order valence-corrected chi connectivity index (χ0v) is 12.2. The van der Waals surface area contributed by atoms with Crippen LogP contribution in [0.2, 0.25) is 5.02 Å². The van der Waals surface area contributed by atoms with Gasteiger partial charge in [0.1, 0.15) is 17.3 Å². The fourth-order valence-corrected chi connectivity index (χ4v) is 2.32. The monoisotopic (exact) mass is 310 g/mol. The zero-order valence-electron chi connectivity index (χ0n) is 11.4. The Kier molecular flexibility index (Phi) is 4.43. The standard InChI is InChI=1S/C15H13ClF2N2O/c1-8-6-9(2)13(10(16)7-8)19-15(21)20-14-11(17)4-3-5-12(14)18/h3-7H,1-2H3,(H2,19,20,21). The quantitative estimate of drug-likeness (QED) is 0.815. The second-order valence-electron chi connectivity index (χ2n) is 4.61. The molecule has 0 unspecified atom stereocenters. The molecule has 2 N–H and O–H groups in total. The van der Waals surface area contributed by atoms with Crippen molar-refractivity contribution in [3.8, 4) is 0 Å². The van der Waals surface area contributed by atoms with Crippen LogP contribution in [0.5, 0.6) is 0 Å². The van der Waals surface area contributed by atoms with E-state index in [9.17, 15) is 13.6 Å². The molecule has 0 atom stereocenters. The van der Waals surface area contributed by atoms with Crippen LogP contribution >= 0.6 is 11.6 Å². The van der Waals surface area contributed by atoms with E-state index < -0.39 is 23.4 Å². The lowest BCUT2D eigenvalue weighted by molar-refractivity contribution is 0.262. The van der Waals surface area contributed by atoms with Crippen LogP contribution in [-0.2, 0) is 0 Å². The number of carbonyl (C=O) groups is 1. The number of urea groups is 1. The molecule has 0 aliphatic carbocycles. The first-order chi connectivity index (χ1) is 9.88. The van der Waals surface area contributed by atoms with Gasteiger partial charge in [-0.3, -0.25) is 0 Å². The Labute approximate surface area is 125 Å². The fraction of sp³-hybridized carbons (Fsp3) is 0.133. The smallest absolute Gasteiger partial charge is 0.306 e. The van der Waals surface area contributed by atoms with Crippen molar-refractivity contribution in [3.05, 3.63) is 58.1 Å². The first kappa shape index (κ1) is 15.3. The predicted octanol–water partition coefficient (Wildman–Crippen LogP) is 4.88. The van der Waals surface area contributed by atoms with Gasteiger partial charge < -0.3 is 10.6 Å². The first-order valence-electron chi connectivity index (χ1n) is 6.17. The van der Waals surface area contributed by atoms with Crippen molar-refractivity contribution in [2.24, 2.45) is 0 Å². The lowest BCUT2D eigenvalue weighted by atomic mass is 10.1. The maximum absolute atomic E-state index is 13.5. The Morgan fingerprint density at radius 3 is 2.19 bits per heavy atom. The number of hydrogen-bond acceptors (Lipinski definition) is 1. The zero-order chi connectivity index (χ0) is 15.6. The van der Waals surface area contributed by atoms with Gasteiger partial charge in [-0.1, -0.05) is 23.7 Å². The van der Waals surface area contributed by atoms with Crippen LogP contribution in [0.25, 0.3) is 0 Å². The van der Waals surface area contributed by atoms with Crippen LogP contribution in [0.3, 0.4) is 0 Å². The molecule has 2 amide bonds. The summed E-state index contributed by atoms with van der Waals surface area (Å²) in [5.41, 5.74) is 1.60. The highest BCUT2D eigenvalue weighted by atomic mass is 35.5. The van der Waals surface area contributed by atoms with E-state index in [2.05, 4.69) is 10.6 Å². The van der Waals surface area contributed by atoms with Crippen LogP contribution in [-0.4, -0.2) is 6.03 Å². The van der Waals surface area contributed by atoms with E-state index in [-0.39, 0.29) is 0 Å². The molecular weight excluding hydrogens is 298 g/mol. The molecule has 2 rings (SSSR count). The predicted molar refractivity (Wildman–Crippen MR) is 79.9 cm³/mol. The maximum Gasteiger partial charge on any atom is 0.323 e. The summed E-state index contributed by atoms with van der Waals surface area (Å²) in [6.07, 6.45) is 0. The molecule has 0 aliphatic heterocycles. The average molecular weight is 311 g/mol. The van der Waals surface area contributed by atoms with Crippen LogP contribution in [0.1, 0.15) is 11.1 Å². The molecule has 21 heavy (non-hydrogen) atoms. The Balaban J connectivity index is 2.20. The Bertz CT molecular complexity index is 661. The summed E-state index contributed by atoms with van der Waals surface area (Å²) >= 11 is 6.05. The summed E-state index contributed by atoms with van der Waals surface area (Å²) in [6.45, 7) is 3.65. The molecule has 0 aliphatic rings. The van der Waals surface area contributed by atoms with E-state index in [1.165, 1.54) is 6.07 Å². The maximum atomic E-state index is 13.5. The summed E-state index contributed by atoms with van der Waals surface area (Å²) in [5, 5.41) is 4.99. The molecule has 0 fully saturated rings. The van der Waals surface area contributed by atoms with E-state index in [1.54, 1.807) is 13.0 Å². The SMILES string of the molecule is Cc1cc(C)c(NC(=O)Nc2c(F)cccc2F)c(Cl)c1. The lowest BCUT2D eigenvalue weighted by Crippen LogP contribution is -2.21. The van der Waals surface area contributed by atoms with Crippen LogP contribution < -0.4 is 10.6 Å². The summed E-state index contributed by atoms with van der Waals surface area (Å²) in [7, 11) is 0. The molecule has 6 heteroatoms. The molecule has 0 radical (unpaired) electrons. The van der Waals surface area contributed by atoms with Gasteiger partial charge in [-0.25, -0.2) is 13.6 Å². The minimum atomic E-state index is -0.850. The molecule has 110 valence electrons. The van der Waals surface area contributed by atoms with Gasteiger partial charge in [0, 0.05) is 0 Å². The van der Waals surface area contributed by atoms with Gasteiger partial charge in [0.15, 0.2) is 0 Å². The molecule has 0 heterocycles. The largest absolute Gasteiger partial charge is 0.323 e. The third-order valence-electron chi connectivity index (χ3n) is 2.87. The van der Waals surface area contributed by atoms with Gasteiger partial charge in [-0.2, -0.15) is 0 Å². The number of benzene rings is 2. The van der Waals surface area contributed by atoms with Gasteiger partial charge in [-0.05, 0) is 43.2 Å². The Morgan fingerprint density at radius 1 is 1.05 bits per heavy atom. The van der Waals surface area contributed by atoms with Crippen molar-refractivity contribution in [2.75, 3.05) is 10.6 Å². The molecule has 2 aromatic rings. The molecule has 2 aromatic carbocycles. The molecule has 0 spiro atoms. The second-order valence-corrected chi connectivity index (χ2v) is 5.02.